The average molecular weight is 409 g/mol. The highest BCUT2D eigenvalue weighted by Crippen LogP contribution is 2.39. The van der Waals surface area contributed by atoms with Crippen molar-refractivity contribution in [1.82, 2.24) is 14.8 Å². The van der Waals surface area contributed by atoms with Crippen LogP contribution in [0.5, 0.6) is 11.5 Å². The van der Waals surface area contributed by atoms with E-state index in [1.165, 1.54) is 16.9 Å². The Morgan fingerprint density at radius 1 is 0.933 bits per heavy atom. The van der Waals surface area contributed by atoms with E-state index in [-0.39, 0.29) is 0 Å². The Balaban J connectivity index is 1.68. The number of hydrogen-bond donors (Lipinski definition) is 0. The van der Waals surface area contributed by atoms with Crippen LogP contribution in [0, 0.1) is 6.92 Å². The highest BCUT2D eigenvalue weighted by Gasteiger charge is 2.31. The lowest BCUT2D eigenvalue weighted by molar-refractivity contribution is -0.137. The van der Waals surface area contributed by atoms with Gasteiger partial charge in [0.25, 0.3) is 0 Å². The van der Waals surface area contributed by atoms with Crippen LogP contribution in [0.15, 0.2) is 72.9 Å². The van der Waals surface area contributed by atoms with Gasteiger partial charge in [-0.25, -0.2) is 0 Å². The van der Waals surface area contributed by atoms with Crippen molar-refractivity contribution in [2.24, 2.45) is 7.05 Å². The molecule has 4 nitrogen and oxygen atoms in total. The topological polar surface area (TPSA) is 39.9 Å². The number of ether oxygens (including phenoxy) is 1. The molecule has 0 spiro atoms. The molecule has 0 unspecified atom stereocenters. The maximum atomic E-state index is 13.2. The Kier molecular flexibility index (Phi) is 5.03. The molecular formula is C23H18F3N3O. The van der Waals surface area contributed by atoms with E-state index in [9.17, 15) is 13.2 Å². The fourth-order valence-electron chi connectivity index (χ4n) is 3.16. The van der Waals surface area contributed by atoms with E-state index in [2.05, 4.69) is 10.1 Å². The summed E-state index contributed by atoms with van der Waals surface area (Å²) in [6.45, 7) is 1.92. The molecule has 0 radical (unpaired) electrons. The molecule has 0 aliphatic rings. The first kappa shape index (κ1) is 19.7. The number of hydrogen-bond acceptors (Lipinski definition) is 3. The van der Waals surface area contributed by atoms with Crippen LogP contribution in [0.3, 0.4) is 0 Å². The van der Waals surface area contributed by atoms with Crippen molar-refractivity contribution in [3.63, 3.8) is 0 Å². The quantitative estimate of drug-likeness (QED) is 0.399. The van der Waals surface area contributed by atoms with E-state index < -0.39 is 11.7 Å². The Morgan fingerprint density at radius 3 is 2.33 bits per heavy atom. The van der Waals surface area contributed by atoms with Crippen molar-refractivity contribution in [3.8, 4) is 34.0 Å². The highest BCUT2D eigenvalue weighted by atomic mass is 19.4. The summed E-state index contributed by atoms with van der Waals surface area (Å²) in [4.78, 5) is 4.49. The van der Waals surface area contributed by atoms with E-state index in [1.807, 2.05) is 37.3 Å². The van der Waals surface area contributed by atoms with Gasteiger partial charge in [-0.15, -0.1) is 0 Å². The van der Waals surface area contributed by atoms with Gasteiger partial charge in [-0.05, 0) is 67.6 Å². The van der Waals surface area contributed by atoms with Crippen LogP contribution in [0.2, 0.25) is 0 Å². The minimum atomic E-state index is -4.45. The van der Waals surface area contributed by atoms with Gasteiger partial charge in [0.1, 0.15) is 11.5 Å². The fourth-order valence-corrected chi connectivity index (χ4v) is 3.16. The normalized spacial score (nSPS) is 11.5. The molecule has 0 fully saturated rings. The van der Waals surface area contributed by atoms with Gasteiger partial charge in [-0.3, -0.25) is 9.67 Å². The van der Waals surface area contributed by atoms with Crippen molar-refractivity contribution in [2.75, 3.05) is 0 Å². The summed E-state index contributed by atoms with van der Waals surface area (Å²) in [5.74, 6) is 0.822. The molecular weight excluding hydrogens is 391 g/mol. The van der Waals surface area contributed by atoms with Crippen LogP contribution >= 0.6 is 0 Å². The molecule has 30 heavy (non-hydrogen) atoms. The molecule has 0 bridgehead atoms. The van der Waals surface area contributed by atoms with Crippen molar-refractivity contribution in [3.05, 3.63) is 84.2 Å². The molecule has 0 N–H and O–H groups in total. The van der Waals surface area contributed by atoms with E-state index >= 15 is 0 Å². The summed E-state index contributed by atoms with van der Waals surface area (Å²) < 4.78 is 47.2. The van der Waals surface area contributed by atoms with Gasteiger partial charge in [0.2, 0.25) is 0 Å². The molecule has 0 saturated carbocycles. The molecule has 7 heteroatoms. The Labute approximate surface area is 171 Å². The van der Waals surface area contributed by atoms with E-state index in [0.717, 1.165) is 29.1 Å². The van der Waals surface area contributed by atoms with Crippen LogP contribution in [-0.2, 0) is 13.2 Å². The molecule has 4 rings (SSSR count). The van der Waals surface area contributed by atoms with E-state index in [1.54, 1.807) is 25.2 Å². The minimum absolute atomic E-state index is 0.313. The monoisotopic (exact) mass is 409 g/mol. The Morgan fingerprint density at radius 2 is 1.70 bits per heavy atom. The van der Waals surface area contributed by atoms with Crippen molar-refractivity contribution >= 4 is 0 Å². The number of aryl methyl sites for hydroxylation is 2. The number of aromatic nitrogens is 3. The number of pyridine rings is 1. The van der Waals surface area contributed by atoms with Gasteiger partial charge in [0.15, 0.2) is 0 Å². The van der Waals surface area contributed by atoms with Crippen LogP contribution < -0.4 is 4.74 Å². The molecule has 0 atom stereocenters. The number of benzene rings is 2. The van der Waals surface area contributed by atoms with Crippen molar-refractivity contribution in [1.29, 1.82) is 0 Å². The second kappa shape index (κ2) is 7.67. The third-order valence-electron chi connectivity index (χ3n) is 4.67. The zero-order valence-electron chi connectivity index (χ0n) is 16.3. The number of rotatable bonds is 4. The zero-order chi connectivity index (χ0) is 21.3. The third kappa shape index (κ3) is 4.05. The van der Waals surface area contributed by atoms with Gasteiger partial charge in [-0.2, -0.15) is 18.3 Å². The van der Waals surface area contributed by atoms with Crippen LogP contribution in [0.4, 0.5) is 13.2 Å². The van der Waals surface area contributed by atoms with Gasteiger partial charge >= 0.3 is 6.18 Å². The maximum Gasteiger partial charge on any atom is 0.416 e. The summed E-state index contributed by atoms with van der Waals surface area (Å²) >= 11 is 0. The van der Waals surface area contributed by atoms with Gasteiger partial charge < -0.3 is 4.74 Å². The summed E-state index contributed by atoms with van der Waals surface area (Å²) in [5.41, 5.74) is 2.77. The molecule has 4 aromatic rings. The summed E-state index contributed by atoms with van der Waals surface area (Å²) in [6.07, 6.45) is -2.92. The van der Waals surface area contributed by atoms with E-state index in [0.29, 0.717) is 22.8 Å². The number of alkyl halides is 3. The minimum Gasteiger partial charge on any atom is -0.457 e. The van der Waals surface area contributed by atoms with Crippen LogP contribution in [0.25, 0.3) is 22.5 Å². The second-order valence-electron chi connectivity index (χ2n) is 6.84. The summed E-state index contributed by atoms with van der Waals surface area (Å²) in [6, 6.07) is 18.1. The Hall–Kier alpha value is -3.61. The molecule has 152 valence electrons. The first-order chi connectivity index (χ1) is 14.3. The standard InChI is InChI=1S/C23H18F3N3O/c1-15-4-3-5-20(28-15)16-6-9-18(10-7-16)30-22-11-8-17(23(24,25)26)14-19(22)21-12-13-27-29(21)2/h3-14H,1-2H3. The second-order valence-corrected chi connectivity index (χ2v) is 6.84. The summed E-state index contributed by atoms with van der Waals surface area (Å²) in [7, 11) is 1.67. The largest absolute Gasteiger partial charge is 0.457 e. The van der Waals surface area contributed by atoms with Crippen LogP contribution in [0.1, 0.15) is 11.3 Å². The third-order valence-corrected chi connectivity index (χ3v) is 4.67. The lowest BCUT2D eigenvalue weighted by atomic mass is 10.1. The molecule has 2 aromatic carbocycles. The SMILES string of the molecule is Cc1cccc(-c2ccc(Oc3ccc(C(F)(F)F)cc3-c3ccnn3C)cc2)n1. The van der Waals surface area contributed by atoms with Gasteiger partial charge in [0, 0.05) is 30.1 Å². The predicted octanol–water partition coefficient (Wildman–Crippen LogP) is 6.27. The smallest absolute Gasteiger partial charge is 0.416 e. The Bertz CT molecular complexity index is 1180. The number of halogens is 3. The van der Waals surface area contributed by atoms with Crippen LogP contribution in [-0.4, -0.2) is 14.8 Å². The lowest BCUT2D eigenvalue weighted by Crippen LogP contribution is -2.06. The molecule has 2 aromatic heterocycles. The van der Waals surface area contributed by atoms with Gasteiger partial charge in [0.05, 0.1) is 17.0 Å². The molecule has 0 amide bonds. The molecule has 0 saturated heterocycles. The lowest BCUT2D eigenvalue weighted by Gasteiger charge is -2.15. The average Bonchev–Trinajstić information content (AvgIpc) is 3.14. The first-order valence-corrected chi connectivity index (χ1v) is 9.23. The first-order valence-electron chi connectivity index (χ1n) is 9.23. The summed E-state index contributed by atoms with van der Waals surface area (Å²) in [5, 5.41) is 4.06. The van der Waals surface area contributed by atoms with Gasteiger partial charge in [-0.1, -0.05) is 6.07 Å². The van der Waals surface area contributed by atoms with Crippen molar-refractivity contribution in [2.45, 2.75) is 13.1 Å². The number of nitrogens with zero attached hydrogens (tertiary/aromatic N) is 3. The highest BCUT2D eigenvalue weighted by molar-refractivity contribution is 5.69. The molecule has 0 aliphatic carbocycles. The maximum absolute atomic E-state index is 13.2. The molecule has 0 aliphatic heterocycles. The van der Waals surface area contributed by atoms with Crippen molar-refractivity contribution < 1.29 is 17.9 Å². The zero-order valence-corrected chi connectivity index (χ0v) is 16.3. The predicted molar refractivity (Wildman–Crippen MR) is 108 cm³/mol. The fraction of sp³-hybridized carbons (Fsp3) is 0.130. The van der Waals surface area contributed by atoms with E-state index in [4.69, 9.17) is 4.74 Å². The molecule has 2 heterocycles.